The smallest absolute Gasteiger partial charge is 0.265 e. The lowest BCUT2D eigenvalue weighted by atomic mass is 10.1. The number of carbonyl (C=O) groups is 1. The van der Waals surface area contributed by atoms with Gasteiger partial charge < -0.3 is 10.1 Å². The van der Waals surface area contributed by atoms with Gasteiger partial charge in [-0.05, 0) is 23.8 Å². The number of rotatable bonds is 5. The number of nitrogens with one attached hydrogen (secondary N) is 1. The summed E-state index contributed by atoms with van der Waals surface area (Å²) in [6.07, 6.45) is 0.573. The van der Waals surface area contributed by atoms with E-state index in [4.69, 9.17) is 10.00 Å². The Morgan fingerprint density at radius 3 is 2.87 bits per heavy atom. The van der Waals surface area contributed by atoms with Crippen molar-refractivity contribution in [1.29, 1.82) is 5.26 Å². The van der Waals surface area contributed by atoms with Crippen LogP contribution in [0.15, 0.2) is 53.4 Å². The first-order valence-electron chi connectivity index (χ1n) is 7.42. The summed E-state index contributed by atoms with van der Waals surface area (Å²) in [5.74, 6) is 1.34. The monoisotopic (exact) mass is 324 g/mol. The fraction of sp³-hybridized carbons (Fsp3) is 0.222. The molecule has 0 saturated heterocycles. The van der Waals surface area contributed by atoms with Gasteiger partial charge in [-0.25, -0.2) is 0 Å². The van der Waals surface area contributed by atoms with Crippen molar-refractivity contribution in [3.63, 3.8) is 0 Å². The molecule has 0 aromatic heterocycles. The lowest BCUT2D eigenvalue weighted by Gasteiger charge is -2.14. The highest BCUT2D eigenvalue weighted by Crippen LogP contribution is 2.31. The van der Waals surface area contributed by atoms with Gasteiger partial charge in [0, 0.05) is 23.5 Å². The van der Waals surface area contributed by atoms with Gasteiger partial charge in [-0.15, -0.1) is 11.8 Å². The van der Waals surface area contributed by atoms with E-state index >= 15 is 0 Å². The standard InChI is InChI=1S/C18H16N2O2S/c19-10-5-11-23-17-9-4-2-7-14(17)20-18(21)16-12-13-6-1-3-8-15(13)22-16/h1-4,6-9,16H,5,11-12H2,(H,20,21)/t16-/m1/s1. The van der Waals surface area contributed by atoms with E-state index in [9.17, 15) is 4.79 Å². The van der Waals surface area contributed by atoms with Crippen molar-refractivity contribution < 1.29 is 9.53 Å². The summed E-state index contributed by atoms with van der Waals surface area (Å²) in [7, 11) is 0. The summed E-state index contributed by atoms with van der Waals surface area (Å²) < 4.78 is 5.72. The molecule has 1 N–H and O–H groups in total. The molecule has 0 bridgehead atoms. The van der Waals surface area contributed by atoms with Crippen molar-refractivity contribution in [2.24, 2.45) is 0 Å². The highest BCUT2D eigenvalue weighted by molar-refractivity contribution is 7.99. The fourth-order valence-corrected chi connectivity index (χ4v) is 3.31. The second kappa shape index (κ2) is 7.21. The SMILES string of the molecule is N#CCCSc1ccccc1NC(=O)[C@H]1Cc2ccccc2O1. The highest BCUT2D eigenvalue weighted by atomic mass is 32.2. The van der Waals surface area contributed by atoms with E-state index in [1.54, 1.807) is 11.8 Å². The van der Waals surface area contributed by atoms with Gasteiger partial charge in [-0.2, -0.15) is 5.26 Å². The molecule has 1 aliphatic heterocycles. The molecule has 23 heavy (non-hydrogen) atoms. The summed E-state index contributed by atoms with van der Waals surface area (Å²) in [5, 5.41) is 11.6. The van der Waals surface area contributed by atoms with Crippen LogP contribution in [-0.2, 0) is 11.2 Å². The molecule has 1 atom stereocenters. The fourth-order valence-electron chi connectivity index (χ4n) is 2.44. The van der Waals surface area contributed by atoms with Gasteiger partial charge in [-0.3, -0.25) is 4.79 Å². The maximum Gasteiger partial charge on any atom is 0.265 e. The quantitative estimate of drug-likeness (QED) is 0.674. The molecule has 0 aliphatic carbocycles. The second-order valence-corrected chi connectivity index (χ2v) is 6.30. The second-order valence-electron chi connectivity index (χ2n) is 5.16. The topological polar surface area (TPSA) is 62.1 Å². The number of fused-ring (bicyclic) bond motifs is 1. The van der Waals surface area contributed by atoms with Gasteiger partial charge >= 0.3 is 0 Å². The van der Waals surface area contributed by atoms with Gasteiger partial charge in [0.15, 0.2) is 6.10 Å². The summed E-state index contributed by atoms with van der Waals surface area (Å²) in [6, 6.07) is 17.5. The zero-order valence-corrected chi connectivity index (χ0v) is 13.3. The normalized spacial score (nSPS) is 15.3. The number of nitrogens with zero attached hydrogens (tertiary/aromatic N) is 1. The maximum atomic E-state index is 12.5. The Labute approximate surface area is 139 Å². The van der Waals surface area contributed by atoms with Gasteiger partial charge in [0.05, 0.1) is 11.8 Å². The average molecular weight is 324 g/mol. The molecule has 3 rings (SSSR count). The predicted molar refractivity (Wildman–Crippen MR) is 90.6 cm³/mol. The summed E-state index contributed by atoms with van der Waals surface area (Å²) in [5.41, 5.74) is 1.82. The van der Waals surface area contributed by atoms with Crippen LogP contribution < -0.4 is 10.1 Å². The average Bonchev–Trinajstić information content (AvgIpc) is 3.01. The Balaban J connectivity index is 1.66. The molecule has 4 nitrogen and oxygen atoms in total. The number of hydrogen-bond donors (Lipinski definition) is 1. The Morgan fingerprint density at radius 2 is 2.04 bits per heavy atom. The molecular weight excluding hydrogens is 308 g/mol. The van der Waals surface area contributed by atoms with E-state index in [-0.39, 0.29) is 5.91 Å². The third kappa shape index (κ3) is 3.66. The zero-order valence-electron chi connectivity index (χ0n) is 12.5. The number of hydrogen-bond acceptors (Lipinski definition) is 4. The molecule has 1 aliphatic rings. The van der Waals surface area contributed by atoms with Crippen molar-refractivity contribution in [2.45, 2.75) is 23.8 Å². The Morgan fingerprint density at radius 1 is 1.26 bits per heavy atom. The lowest BCUT2D eigenvalue weighted by Crippen LogP contribution is -2.31. The van der Waals surface area contributed by atoms with Crippen LogP contribution >= 0.6 is 11.8 Å². The third-order valence-electron chi connectivity index (χ3n) is 3.56. The number of anilines is 1. The predicted octanol–water partition coefficient (Wildman–Crippen LogP) is 3.63. The first-order valence-corrected chi connectivity index (χ1v) is 8.40. The first kappa shape index (κ1) is 15.4. The molecule has 1 heterocycles. The van der Waals surface area contributed by atoms with E-state index in [0.717, 1.165) is 21.9 Å². The van der Waals surface area contributed by atoms with E-state index in [0.29, 0.717) is 18.6 Å². The summed E-state index contributed by atoms with van der Waals surface area (Å²) in [4.78, 5) is 13.4. The van der Waals surface area contributed by atoms with E-state index in [1.807, 2.05) is 48.5 Å². The number of thioether (sulfide) groups is 1. The van der Waals surface area contributed by atoms with Crippen LogP contribution in [0.1, 0.15) is 12.0 Å². The largest absolute Gasteiger partial charge is 0.480 e. The van der Waals surface area contributed by atoms with Crippen molar-refractivity contribution in [2.75, 3.05) is 11.1 Å². The van der Waals surface area contributed by atoms with Crippen LogP contribution in [0.25, 0.3) is 0 Å². The molecule has 0 saturated carbocycles. The summed E-state index contributed by atoms with van der Waals surface area (Å²) >= 11 is 1.57. The molecule has 2 aromatic carbocycles. The van der Waals surface area contributed by atoms with Crippen molar-refractivity contribution in [3.8, 4) is 11.8 Å². The highest BCUT2D eigenvalue weighted by Gasteiger charge is 2.29. The van der Waals surface area contributed by atoms with E-state index in [1.165, 1.54) is 0 Å². The Bertz CT molecular complexity index is 730. The summed E-state index contributed by atoms with van der Waals surface area (Å²) in [6.45, 7) is 0. The lowest BCUT2D eigenvalue weighted by molar-refractivity contribution is -0.122. The van der Waals surface area contributed by atoms with Crippen LogP contribution in [-0.4, -0.2) is 17.8 Å². The van der Waals surface area contributed by atoms with Crippen LogP contribution in [0.5, 0.6) is 5.75 Å². The first-order chi connectivity index (χ1) is 11.3. The molecule has 0 unspecified atom stereocenters. The van der Waals surface area contributed by atoms with Gasteiger partial charge in [0.2, 0.25) is 0 Å². The third-order valence-corrected chi connectivity index (χ3v) is 4.63. The molecular formula is C18H16N2O2S. The van der Waals surface area contributed by atoms with Crippen LogP contribution in [0.2, 0.25) is 0 Å². The minimum atomic E-state index is -0.496. The molecule has 1 amide bonds. The van der Waals surface area contributed by atoms with Gasteiger partial charge in [-0.1, -0.05) is 30.3 Å². The number of nitriles is 1. The molecule has 0 fully saturated rings. The number of carbonyl (C=O) groups excluding carboxylic acids is 1. The van der Waals surface area contributed by atoms with Crippen molar-refractivity contribution in [1.82, 2.24) is 0 Å². The van der Waals surface area contributed by atoms with E-state index in [2.05, 4.69) is 11.4 Å². The van der Waals surface area contributed by atoms with Crippen LogP contribution in [0, 0.1) is 11.3 Å². The molecule has 116 valence electrons. The maximum absolute atomic E-state index is 12.5. The van der Waals surface area contributed by atoms with E-state index < -0.39 is 6.10 Å². The Hall–Kier alpha value is -2.45. The number of amides is 1. The number of benzene rings is 2. The van der Waals surface area contributed by atoms with Gasteiger partial charge in [0.1, 0.15) is 5.75 Å². The zero-order chi connectivity index (χ0) is 16.1. The molecule has 2 aromatic rings. The number of ether oxygens (including phenoxy) is 1. The van der Waals surface area contributed by atoms with Crippen molar-refractivity contribution >= 4 is 23.4 Å². The molecule has 0 spiro atoms. The Kier molecular flexibility index (Phi) is 4.84. The molecule has 5 heteroatoms. The van der Waals surface area contributed by atoms with Crippen molar-refractivity contribution in [3.05, 3.63) is 54.1 Å². The minimum absolute atomic E-state index is 0.144. The molecule has 0 radical (unpaired) electrons. The van der Waals surface area contributed by atoms with Crippen LogP contribution in [0.4, 0.5) is 5.69 Å². The number of para-hydroxylation sites is 2. The van der Waals surface area contributed by atoms with Gasteiger partial charge in [0.25, 0.3) is 5.91 Å². The van der Waals surface area contributed by atoms with Crippen LogP contribution in [0.3, 0.4) is 0 Å². The minimum Gasteiger partial charge on any atom is -0.480 e.